The van der Waals surface area contributed by atoms with Crippen LogP contribution < -0.4 is 0 Å². The van der Waals surface area contributed by atoms with Gasteiger partial charge < -0.3 is 4.90 Å². The summed E-state index contributed by atoms with van der Waals surface area (Å²) in [6, 6.07) is 17.3. The predicted molar refractivity (Wildman–Crippen MR) is 113 cm³/mol. The lowest BCUT2D eigenvalue weighted by molar-refractivity contribution is 0.0766. The number of nitrogens with zero attached hydrogens (tertiary/aromatic N) is 1. The standard InChI is InChI=1S/C22H20FNO3S2/c23-19-5-2-1-4-18(19)21-11-12-24(13-15-29(21,26)27)22(25)17-9-7-16(8-10-17)20-6-3-14-28-20/h1-10,14,21H,11-13,15H2/t21-/m1/s1. The van der Waals surface area contributed by atoms with Gasteiger partial charge in [0.15, 0.2) is 9.84 Å². The second-order valence-corrected chi connectivity index (χ2v) is 10.3. The molecule has 1 amide bonds. The maximum absolute atomic E-state index is 14.2. The van der Waals surface area contributed by atoms with E-state index in [0.29, 0.717) is 5.56 Å². The van der Waals surface area contributed by atoms with Crippen LogP contribution in [0.2, 0.25) is 0 Å². The number of sulfone groups is 1. The van der Waals surface area contributed by atoms with Crippen molar-refractivity contribution in [3.8, 4) is 10.4 Å². The third-order valence-electron chi connectivity index (χ3n) is 5.22. The third-order valence-corrected chi connectivity index (χ3v) is 8.24. The minimum Gasteiger partial charge on any atom is -0.338 e. The first kappa shape index (κ1) is 19.8. The maximum Gasteiger partial charge on any atom is 0.253 e. The van der Waals surface area contributed by atoms with Crippen molar-refractivity contribution in [2.24, 2.45) is 0 Å². The van der Waals surface area contributed by atoms with Crippen molar-refractivity contribution in [1.82, 2.24) is 4.90 Å². The molecule has 0 saturated carbocycles. The monoisotopic (exact) mass is 429 g/mol. The van der Waals surface area contributed by atoms with Crippen LogP contribution in [0.1, 0.15) is 27.6 Å². The van der Waals surface area contributed by atoms with Gasteiger partial charge in [-0.2, -0.15) is 0 Å². The summed E-state index contributed by atoms with van der Waals surface area (Å²) in [5.74, 6) is -0.900. The van der Waals surface area contributed by atoms with E-state index < -0.39 is 20.9 Å². The van der Waals surface area contributed by atoms with Crippen LogP contribution in [0.25, 0.3) is 10.4 Å². The van der Waals surface area contributed by atoms with E-state index in [-0.39, 0.29) is 36.7 Å². The Labute approximate surface area is 173 Å². The average Bonchev–Trinajstić information content (AvgIpc) is 3.21. The Morgan fingerprint density at radius 2 is 1.76 bits per heavy atom. The highest BCUT2D eigenvalue weighted by Crippen LogP contribution is 2.31. The molecule has 0 bridgehead atoms. The normalized spacial score (nSPS) is 18.9. The van der Waals surface area contributed by atoms with E-state index in [1.807, 2.05) is 29.6 Å². The van der Waals surface area contributed by atoms with Crippen molar-refractivity contribution in [2.75, 3.05) is 18.8 Å². The van der Waals surface area contributed by atoms with Gasteiger partial charge in [-0.1, -0.05) is 36.4 Å². The van der Waals surface area contributed by atoms with E-state index in [1.54, 1.807) is 34.4 Å². The zero-order chi connectivity index (χ0) is 20.4. The first-order valence-electron chi connectivity index (χ1n) is 9.35. The summed E-state index contributed by atoms with van der Waals surface area (Å²) in [5, 5.41) is 1.07. The number of carbonyl (C=O) groups excluding carboxylic acids is 1. The van der Waals surface area contributed by atoms with Crippen molar-refractivity contribution < 1.29 is 17.6 Å². The number of halogens is 1. The minimum atomic E-state index is -3.55. The lowest BCUT2D eigenvalue weighted by atomic mass is 10.1. The number of amides is 1. The van der Waals surface area contributed by atoms with Crippen LogP contribution in [0.4, 0.5) is 4.39 Å². The largest absolute Gasteiger partial charge is 0.338 e. The molecule has 2 aromatic carbocycles. The molecule has 1 aliphatic rings. The van der Waals surface area contributed by atoms with Crippen molar-refractivity contribution >= 4 is 27.1 Å². The smallest absolute Gasteiger partial charge is 0.253 e. The molecule has 4 rings (SSSR count). The quantitative estimate of drug-likeness (QED) is 0.614. The summed E-state index contributed by atoms with van der Waals surface area (Å²) in [5.41, 5.74) is 1.74. The van der Waals surface area contributed by atoms with Crippen molar-refractivity contribution in [1.29, 1.82) is 0 Å². The van der Waals surface area contributed by atoms with Gasteiger partial charge >= 0.3 is 0 Å². The molecule has 2 heterocycles. The molecule has 29 heavy (non-hydrogen) atoms. The highest BCUT2D eigenvalue weighted by Gasteiger charge is 2.34. The molecule has 4 nitrogen and oxygen atoms in total. The second-order valence-electron chi connectivity index (χ2n) is 7.01. The number of hydrogen-bond acceptors (Lipinski definition) is 4. The molecule has 1 aliphatic heterocycles. The van der Waals surface area contributed by atoms with Crippen LogP contribution in [-0.4, -0.2) is 38.1 Å². The Bertz CT molecular complexity index is 1110. The van der Waals surface area contributed by atoms with Crippen LogP contribution in [0.5, 0.6) is 0 Å². The van der Waals surface area contributed by atoms with Crippen LogP contribution in [0, 0.1) is 5.82 Å². The van der Waals surface area contributed by atoms with Gasteiger partial charge in [-0.25, -0.2) is 12.8 Å². The first-order valence-corrected chi connectivity index (χ1v) is 11.9. The molecule has 0 N–H and O–H groups in total. The fourth-order valence-electron chi connectivity index (χ4n) is 3.63. The topological polar surface area (TPSA) is 54.5 Å². The van der Waals surface area contributed by atoms with Gasteiger partial charge in [-0.3, -0.25) is 4.79 Å². The minimum absolute atomic E-state index is 0.110. The second kappa shape index (κ2) is 8.08. The summed E-state index contributed by atoms with van der Waals surface area (Å²) in [4.78, 5) is 15.6. The SMILES string of the molecule is O=C(c1ccc(-c2cccs2)cc1)N1CC[C@H](c2ccccc2F)S(=O)(=O)CC1. The van der Waals surface area contributed by atoms with E-state index in [2.05, 4.69) is 0 Å². The van der Waals surface area contributed by atoms with Crippen LogP contribution in [0.3, 0.4) is 0 Å². The number of rotatable bonds is 3. The fraction of sp³-hybridized carbons (Fsp3) is 0.227. The van der Waals surface area contributed by atoms with Crippen LogP contribution in [0.15, 0.2) is 66.0 Å². The molecule has 0 unspecified atom stereocenters. The Balaban J connectivity index is 1.53. The van der Waals surface area contributed by atoms with Gasteiger partial charge in [-0.05, 0) is 41.6 Å². The van der Waals surface area contributed by atoms with Gasteiger partial charge in [-0.15, -0.1) is 11.3 Å². The van der Waals surface area contributed by atoms with Crippen LogP contribution in [-0.2, 0) is 9.84 Å². The van der Waals surface area contributed by atoms with Crippen LogP contribution >= 0.6 is 11.3 Å². The van der Waals surface area contributed by atoms with Crippen molar-refractivity contribution in [3.05, 3.63) is 83.0 Å². The Hall–Kier alpha value is -2.51. The molecule has 0 aliphatic carbocycles. The molecule has 0 radical (unpaired) electrons. The number of carbonyl (C=O) groups is 1. The summed E-state index contributed by atoms with van der Waals surface area (Å²) in [6.07, 6.45) is 0.183. The average molecular weight is 430 g/mol. The van der Waals surface area contributed by atoms with E-state index in [1.165, 1.54) is 18.2 Å². The lowest BCUT2D eigenvalue weighted by Gasteiger charge is -2.20. The molecule has 3 aromatic rings. The van der Waals surface area contributed by atoms with E-state index in [4.69, 9.17) is 0 Å². The van der Waals surface area contributed by atoms with Crippen molar-refractivity contribution in [2.45, 2.75) is 11.7 Å². The molecular formula is C22H20FNO3S2. The summed E-state index contributed by atoms with van der Waals surface area (Å²) >= 11 is 1.63. The van der Waals surface area contributed by atoms with Gasteiger partial charge in [0.05, 0.1) is 11.0 Å². The molecule has 1 fully saturated rings. The number of benzene rings is 2. The van der Waals surface area contributed by atoms with Gasteiger partial charge in [0.25, 0.3) is 5.91 Å². The van der Waals surface area contributed by atoms with Gasteiger partial charge in [0.1, 0.15) is 5.82 Å². The van der Waals surface area contributed by atoms with Gasteiger partial charge in [0.2, 0.25) is 0 Å². The molecule has 1 atom stereocenters. The molecule has 0 spiro atoms. The Morgan fingerprint density at radius 3 is 2.45 bits per heavy atom. The Kier molecular flexibility index (Phi) is 5.52. The van der Waals surface area contributed by atoms with E-state index in [9.17, 15) is 17.6 Å². The molecule has 7 heteroatoms. The number of thiophene rings is 1. The zero-order valence-corrected chi connectivity index (χ0v) is 17.3. The highest BCUT2D eigenvalue weighted by molar-refractivity contribution is 7.91. The van der Waals surface area contributed by atoms with Crippen molar-refractivity contribution in [3.63, 3.8) is 0 Å². The molecule has 150 valence electrons. The summed E-state index contributed by atoms with van der Waals surface area (Å²) in [6.45, 7) is 0.378. The first-order chi connectivity index (χ1) is 14.0. The maximum atomic E-state index is 14.2. The lowest BCUT2D eigenvalue weighted by Crippen LogP contribution is -2.33. The highest BCUT2D eigenvalue weighted by atomic mass is 32.2. The Morgan fingerprint density at radius 1 is 1.00 bits per heavy atom. The van der Waals surface area contributed by atoms with E-state index >= 15 is 0 Å². The fourth-order valence-corrected chi connectivity index (χ4v) is 6.17. The number of hydrogen-bond donors (Lipinski definition) is 0. The molecule has 1 aromatic heterocycles. The summed E-state index contributed by atoms with van der Waals surface area (Å²) < 4.78 is 39.6. The van der Waals surface area contributed by atoms with E-state index in [0.717, 1.165) is 10.4 Å². The predicted octanol–water partition coefficient (Wildman–Crippen LogP) is 4.56. The molecule has 1 saturated heterocycles. The zero-order valence-electron chi connectivity index (χ0n) is 15.6. The molecular weight excluding hydrogens is 409 g/mol. The summed E-state index contributed by atoms with van der Waals surface area (Å²) in [7, 11) is -3.55. The van der Waals surface area contributed by atoms with Gasteiger partial charge in [0, 0.05) is 29.1 Å². The third kappa shape index (κ3) is 4.11.